The average Bonchev–Trinajstić information content (AvgIpc) is 2.24. The van der Waals surface area contributed by atoms with E-state index in [9.17, 15) is 18.5 Å². The van der Waals surface area contributed by atoms with Crippen molar-refractivity contribution in [3.8, 4) is 0 Å². The van der Waals surface area contributed by atoms with Crippen LogP contribution in [0.1, 0.15) is 0 Å². The Morgan fingerprint density at radius 1 is 1.56 bits per heavy atom. The lowest BCUT2D eigenvalue weighted by Crippen LogP contribution is -2.08. The number of nitrogens with one attached hydrogen (secondary N) is 1. The summed E-state index contributed by atoms with van der Waals surface area (Å²) >= 11 is 5.54. The highest BCUT2D eigenvalue weighted by Crippen LogP contribution is 2.31. The summed E-state index contributed by atoms with van der Waals surface area (Å²) in [4.78, 5) is 9.90. The summed E-state index contributed by atoms with van der Waals surface area (Å²) in [6.07, 6.45) is 0.916. The molecule has 6 nitrogen and oxygen atoms in total. The van der Waals surface area contributed by atoms with Crippen LogP contribution in [0.4, 0.5) is 11.4 Å². The topological polar surface area (TPSA) is 89.3 Å². The first-order valence-corrected chi connectivity index (χ1v) is 7.05. The van der Waals surface area contributed by atoms with Crippen molar-refractivity contribution in [1.82, 2.24) is 0 Å². The second-order valence-corrected chi connectivity index (χ2v) is 6.07. The number of hydrogen-bond acceptors (Lipinski definition) is 5. The molecule has 0 aliphatic rings. The minimum Gasteiger partial charge on any atom is -0.375 e. The van der Waals surface area contributed by atoms with E-state index in [0.717, 1.165) is 6.26 Å². The Morgan fingerprint density at radius 2 is 2.17 bits per heavy atom. The maximum Gasteiger partial charge on any atom is 0.310 e. The van der Waals surface area contributed by atoms with Crippen LogP contribution in [0.2, 0.25) is 0 Å². The SMILES string of the molecule is C=C(Cl)CNc1cccc(S(C)(=O)=O)c1[N+](=O)[O-]. The number of halogens is 1. The largest absolute Gasteiger partial charge is 0.375 e. The van der Waals surface area contributed by atoms with E-state index in [1.165, 1.54) is 18.2 Å². The number of rotatable bonds is 5. The second-order valence-electron chi connectivity index (χ2n) is 3.55. The number of benzene rings is 1. The highest BCUT2D eigenvalue weighted by atomic mass is 35.5. The molecule has 1 rings (SSSR count). The molecular formula is C10H11ClN2O4S. The third kappa shape index (κ3) is 3.44. The van der Waals surface area contributed by atoms with Crippen LogP contribution in [0.15, 0.2) is 34.7 Å². The zero-order valence-electron chi connectivity index (χ0n) is 9.51. The van der Waals surface area contributed by atoms with Gasteiger partial charge in [0.15, 0.2) is 9.84 Å². The molecule has 0 saturated heterocycles. The van der Waals surface area contributed by atoms with Gasteiger partial charge in [-0.1, -0.05) is 24.2 Å². The number of para-hydroxylation sites is 1. The number of nitro groups is 1. The minimum atomic E-state index is -3.68. The van der Waals surface area contributed by atoms with E-state index in [2.05, 4.69) is 11.9 Å². The Bertz CT molecular complexity index is 598. The predicted octanol–water partition coefficient (Wildman–Crippen LogP) is 2.16. The molecule has 0 radical (unpaired) electrons. The molecule has 8 heteroatoms. The summed E-state index contributed by atoms with van der Waals surface area (Å²) in [6, 6.07) is 4.02. The third-order valence-corrected chi connectivity index (χ3v) is 3.31. The Balaban J connectivity index is 3.36. The summed E-state index contributed by atoms with van der Waals surface area (Å²) in [5, 5.41) is 13.9. The van der Waals surface area contributed by atoms with E-state index in [1.54, 1.807) is 0 Å². The van der Waals surface area contributed by atoms with Crippen molar-refractivity contribution in [3.63, 3.8) is 0 Å². The highest BCUT2D eigenvalue weighted by Gasteiger charge is 2.25. The van der Waals surface area contributed by atoms with Gasteiger partial charge in [0.25, 0.3) is 0 Å². The Kier molecular flexibility index (Phi) is 4.31. The molecular weight excluding hydrogens is 280 g/mol. The molecule has 0 aromatic heterocycles. The van der Waals surface area contributed by atoms with Crippen molar-refractivity contribution in [2.24, 2.45) is 0 Å². The zero-order chi connectivity index (χ0) is 13.9. The quantitative estimate of drug-likeness (QED) is 0.663. The molecule has 0 bridgehead atoms. The van der Waals surface area contributed by atoms with Crippen molar-refractivity contribution < 1.29 is 13.3 Å². The van der Waals surface area contributed by atoms with E-state index < -0.39 is 20.4 Å². The molecule has 0 aliphatic carbocycles. The van der Waals surface area contributed by atoms with Crippen LogP contribution < -0.4 is 5.32 Å². The standard InChI is InChI=1S/C10H11ClN2O4S/c1-7(11)6-12-8-4-3-5-9(18(2,16)17)10(8)13(14)15/h3-5,12H,1,6H2,2H3. The van der Waals surface area contributed by atoms with Crippen molar-refractivity contribution in [3.05, 3.63) is 39.9 Å². The Labute approximate surface area is 109 Å². The van der Waals surface area contributed by atoms with E-state index in [-0.39, 0.29) is 22.2 Å². The maximum atomic E-state index is 11.5. The average molecular weight is 291 g/mol. The first-order valence-electron chi connectivity index (χ1n) is 4.78. The molecule has 0 saturated carbocycles. The zero-order valence-corrected chi connectivity index (χ0v) is 11.1. The minimum absolute atomic E-state index is 0.0877. The van der Waals surface area contributed by atoms with Gasteiger partial charge in [-0.3, -0.25) is 10.1 Å². The van der Waals surface area contributed by atoms with Crippen LogP contribution in [-0.4, -0.2) is 26.1 Å². The molecule has 0 amide bonds. The van der Waals surface area contributed by atoms with E-state index >= 15 is 0 Å². The molecule has 1 aromatic carbocycles. The van der Waals surface area contributed by atoms with Gasteiger partial charge in [-0.25, -0.2) is 8.42 Å². The lowest BCUT2D eigenvalue weighted by atomic mass is 10.2. The van der Waals surface area contributed by atoms with Gasteiger partial charge in [-0.15, -0.1) is 0 Å². The van der Waals surface area contributed by atoms with E-state index in [1.807, 2.05) is 0 Å². The summed E-state index contributed by atoms with van der Waals surface area (Å²) in [7, 11) is -3.68. The van der Waals surface area contributed by atoms with Gasteiger partial charge in [0, 0.05) is 11.3 Å². The van der Waals surface area contributed by atoms with Crippen LogP contribution in [0, 0.1) is 10.1 Å². The van der Waals surface area contributed by atoms with Gasteiger partial charge in [0.05, 0.1) is 11.5 Å². The molecule has 1 aromatic rings. The van der Waals surface area contributed by atoms with Gasteiger partial charge in [-0.2, -0.15) is 0 Å². The number of anilines is 1. The summed E-state index contributed by atoms with van der Waals surface area (Å²) in [5.74, 6) is 0. The van der Waals surface area contributed by atoms with Gasteiger partial charge in [0.2, 0.25) is 0 Å². The second kappa shape index (κ2) is 5.36. The summed E-state index contributed by atoms with van der Waals surface area (Å²) in [5.41, 5.74) is -0.400. The fraction of sp³-hybridized carbons (Fsp3) is 0.200. The Hall–Kier alpha value is -1.60. The first-order chi connectivity index (χ1) is 8.23. The van der Waals surface area contributed by atoms with Crippen molar-refractivity contribution in [1.29, 1.82) is 0 Å². The molecule has 0 atom stereocenters. The van der Waals surface area contributed by atoms with Crippen molar-refractivity contribution in [2.45, 2.75) is 4.90 Å². The number of nitrogens with zero attached hydrogens (tertiary/aromatic N) is 1. The van der Waals surface area contributed by atoms with Gasteiger partial charge in [0.1, 0.15) is 10.6 Å². The van der Waals surface area contributed by atoms with Crippen LogP contribution in [0.25, 0.3) is 0 Å². The molecule has 18 heavy (non-hydrogen) atoms. The smallest absolute Gasteiger partial charge is 0.310 e. The number of sulfone groups is 1. The maximum absolute atomic E-state index is 11.5. The third-order valence-electron chi connectivity index (χ3n) is 2.05. The monoisotopic (exact) mass is 290 g/mol. The molecule has 0 unspecified atom stereocenters. The van der Waals surface area contributed by atoms with Crippen LogP contribution >= 0.6 is 11.6 Å². The molecule has 0 aliphatic heterocycles. The lowest BCUT2D eigenvalue weighted by Gasteiger charge is -2.08. The Morgan fingerprint density at radius 3 is 2.61 bits per heavy atom. The van der Waals surface area contributed by atoms with Crippen LogP contribution in [-0.2, 0) is 9.84 Å². The highest BCUT2D eigenvalue weighted by molar-refractivity contribution is 7.90. The molecule has 0 fully saturated rings. The molecule has 98 valence electrons. The normalized spacial score (nSPS) is 11.0. The number of hydrogen-bond donors (Lipinski definition) is 1. The van der Waals surface area contributed by atoms with E-state index in [4.69, 9.17) is 11.6 Å². The first kappa shape index (κ1) is 14.5. The van der Waals surface area contributed by atoms with E-state index in [0.29, 0.717) is 0 Å². The van der Waals surface area contributed by atoms with Gasteiger partial charge in [-0.05, 0) is 12.1 Å². The summed E-state index contributed by atoms with van der Waals surface area (Å²) < 4.78 is 22.9. The molecule has 0 spiro atoms. The number of nitro benzene ring substituents is 1. The van der Waals surface area contributed by atoms with Crippen molar-refractivity contribution in [2.75, 3.05) is 18.1 Å². The van der Waals surface area contributed by atoms with Gasteiger partial charge < -0.3 is 5.32 Å². The predicted molar refractivity (Wildman–Crippen MR) is 69.7 cm³/mol. The van der Waals surface area contributed by atoms with Crippen LogP contribution in [0.5, 0.6) is 0 Å². The summed E-state index contributed by atoms with van der Waals surface area (Å²) in [6.45, 7) is 3.54. The lowest BCUT2D eigenvalue weighted by molar-refractivity contribution is -0.386. The fourth-order valence-electron chi connectivity index (χ4n) is 1.34. The van der Waals surface area contributed by atoms with Gasteiger partial charge >= 0.3 is 5.69 Å². The van der Waals surface area contributed by atoms with Crippen LogP contribution in [0.3, 0.4) is 0 Å². The molecule has 1 N–H and O–H groups in total. The fourth-order valence-corrected chi connectivity index (χ4v) is 2.27. The molecule has 0 heterocycles. The van der Waals surface area contributed by atoms with Crippen molar-refractivity contribution >= 4 is 32.8 Å².